The van der Waals surface area contributed by atoms with Crippen molar-refractivity contribution >= 4 is 18.0 Å². The largest absolute Gasteiger partial charge is 0.463 e. The first-order valence-electron chi connectivity index (χ1n) is 9.59. The van der Waals surface area contributed by atoms with Crippen LogP contribution in [0.2, 0.25) is 0 Å². The number of amides is 1. The van der Waals surface area contributed by atoms with Gasteiger partial charge in [-0.15, -0.1) is 0 Å². The highest BCUT2D eigenvalue weighted by atomic mass is 16.6. The van der Waals surface area contributed by atoms with E-state index in [1.165, 1.54) is 6.92 Å². The molecular weight excluding hydrogens is 386 g/mol. The van der Waals surface area contributed by atoms with E-state index in [0.717, 1.165) is 11.1 Å². The highest BCUT2D eigenvalue weighted by molar-refractivity contribution is 5.82. The predicted octanol–water partition coefficient (Wildman–Crippen LogP) is 3.78. The Hall–Kier alpha value is -3.35. The number of hydrogen-bond acceptors (Lipinski definition) is 6. The number of hydrogen-bond donors (Lipinski definition) is 1. The maximum atomic E-state index is 12.9. The van der Waals surface area contributed by atoms with E-state index in [9.17, 15) is 14.4 Å². The molecule has 0 bridgehead atoms. The summed E-state index contributed by atoms with van der Waals surface area (Å²) in [5.74, 6) is -1.33. The lowest BCUT2D eigenvalue weighted by atomic mass is 10.0. The number of ether oxygens (including phenoxy) is 3. The van der Waals surface area contributed by atoms with Crippen molar-refractivity contribution in [1.82, 2.24) is 5.32 Å². The van der Waals surface area contributed by atoms with Gasteiger partial charge in [-0.2, -0.15) is 0 Å². The van der Waals surface area contributed by atoms with E-state index < -0.39 is 35.8 Å². The fourth-order valence-corrected chi connectivity index (χ4v) is 2.60. The quantitative estimate of drug-likeness (QED) is 0.549. The lowest BCUT2D eigenvalue weighted by Crippen LogP contribution is -2.47. The van der Waals surface area contributed by atoms with Gasteiger partial charge in [0.1, 0.15) is 12.2 Å². The first-order valence-corrected chi connectivity index (χ1v) is 9.59. The minimum absolute atomic E-state index is 0.371. The van der Waals surface area contributed by atoms with E-state index >= 15 is 0 Å². The summed E-state index contributed by atoms with van der Waals surface area (Å²) in [6, 6.07) is 17.2. The molecule has 7 nitrogen and oxygen atoms in total. The van der Waals surface area contributed by atoms with Gasteiger partial charge in [-0.05, 0) is 31.9 Å². The molecule has 0 aliphatic heterocycles. The Morgan fingerprint density at radius 3 is 1.83 bits per heavy atom. The summed E-state index contributed by atoms with van der Waals surface area (Å²) >= 11 is 0. The van der Waals surface area contributed by atoms with Crippen molar-refractivity contribution in [3.05, 3.63) is 71.8 Å². The van der Waals surface area contributed by atoms with Crippen LogP contribution < -0.4 is 5.32 Å². The molecule has 0 saturated heterocycles. The van der Waals surface area contributed by atoms with Crippen molar-refractivity contribution < 1.29 is 28.6 Å². The van der Waals surface area contributed by atoms with E-state index in [1.54, 1.807) is 20.8 Å². The number of alkyl carbamates (subject to hydrolysis) is 1. The Morgan fingerprint density at radius 1 is 0.900 bits per heavy atom. The van der Waals surface area contributed by atoms with Crippen molar-refractivity contribution in [2.24, 2.45) is 0 Å². The molecule has 1 unspecified atom stereocenters. The second-order valence-electron chi connectivity index (χ2n) is 7.64. The van der Waals surface area contributed by atoms with Crippen molar-refractivity contribution in [2.45, 2.75) is 45.4 Å². The topological polar surface area (TPSA) is 90.9 Å². The first-order chi connectivity index (χ1) is 14.2. The molecule has 2 rings (SSSR count). The van der Waals surface area contributed by atoms with Gasteiger partial charge in [0.2, 0.25) is 0 Å². The molecule has 2 aromatic rings. The summed E-state index contributed by atoms with van der Waals surface area (Å²) in [7, 11) is 0. The third-order valence-electron chi connectivity index (χ3n) is 3.87. The zero-order valence-electron chi connectivity index (χ0n) is 17.6. The van der Waals surface area contributed by atoms with Crippen LogP contribution in [0.25, 0.3) is 0 Å². The van der Waals surface area contributed by atoms with Crippen LogP contribution in [-0.4, -0.2) is 36.3 Å². The van der Waals surface area contributed by atoms with Crippen LogP contribution >= 0.6 is 0 Å². The first kappa shape index (κ1) is 22.9. The molecule has 0 saturated carbocycles. The van der Waals surface area contributed by atoms with Gasteiger partial charge in [-0.25, -0.2) is 9.59 Å². The normalized spacial score (nSPS) is 12.0. The van der Waals surface area contributed by atoms with Crippen molar-refractivity contribution in [3.63, 3.8) is 0 Å². The minimum atomic E-state index is -1.22. The number of carbonyl (C=O) groups excluding carboxylic acids is 3. The minimum Gasteiger partial charge on any atom is -0.463 e. The van der Waals surface area contributed by atoms with Gasteiger partial charge in [-0.3, -0.25) is 4.79 Å². The standard InChI is InChI=1S/C23H27NO6/c1-16(25)28-15-19(24-22(27)30-23(2,3)4)21(26)29-20(17-11-7-5-8-12-17)18-13-9-6-10-14-18/h5-14,19-20H,15H2,1-4H3,(H,24,27). The molecule has 1 amide bonds. The average Bonchev–Trinajstić information content (AvgIpc) is 2.69. The van der Waals surface area contributed by atoms with Crippen molar-refractivity contribution in [3.8, 4) is 0 Å². The van der Waals surface area contributed by atoms with Gasteiger partial charge in [0.05, 0.1) is 0 Å². The molecule has 0 aliphatic carbocycles. The lowest BCUT2D eigenvalue weighted by Gasteiger charge is -2.25. The Kier molecular flexibility index (Phi) is 7.98. The smallest absolute Gasteiger partial charge is 0.408 e. The lowest BCUT2D eigenvalue weighted by molar-refractivity contribution is -0.154. The summed E-state index contributed by atoms with van der Waals surface area (Å²) < 4.78 is 15.9. The maximum Gasteiger partial charge on any atom is 0.408 e. The third kappa shape index (κ3) is 7.58. The molecule has 0 fully saturated rings. The number of nitrogens with one attached hydrogen (secondary N) is 1. The summed E-state index contributed by atoms with van der Waals surface area (Å²) in [6.45, 7) is 5.95. The molecule has 0 spiro atoms. The summed E-state index contributed by atoms with van der Waals surface area (Å²) in [5, 5.41) is 2.42. The molecule has 1 atom stereocenters. The van der Waals surface area contributed by atoms with E-state index in [1.807, 2.05) is 60.7 Å². The van der Waals surface area contributed by atoms with Crippen LogP contribution in [0.3, 0.4) is 0 Å². The van der Waals surface area contributed by atoms with Gasteiger partial charge in [-0.1, -0.05) is 60.7 Å². The average molecular weight is 413 g/mol. The van der Waals surface area contributed by atoms with Crippen LogP contribution in [0.4, 0.5) is 4.79 Å². The zero-order valence-corrected chi connectivity index (χ0v) is 17.6. The fourth-order valence-electron chi connectivity index (χ4n) is 2.60. The van der Waals surface area contributed by atoms with Crippen molar-refractivity contribution in [1.29, 1.82) is 0 Å². The molecule has 0 heterocycles. The second kappa shape index (κ2) is 10.4. The van der Waals surface area contributed by atoms with Crippen LogP contribution in [0.5, 0.6) is 0 Å². The molecule has 0 aliphatic rings. The molecular formula is C23H27NO6. The highest BCUT2D eigenvalue weighted by Crippen LogP contribution is 2.26. The van der Waals surface area contributed by atoms with Gasteiger partial charge in [0, 0.05) is 6.92 Å². The van der Waals surface area contributed by atoms with Gasteiger partial charge in [0.25, 0.3) is 0 Å². The van der Waals surface area contributed by atoms with Gasteiger partial charge >= 0.3 is 18.0 Å². The molecule has 1 N–H and O–H groups in total. The zero-order chi connectivity index (χ0) is 22.1. The summed E-state index contributed by atoms with van der Waals surface area (Å²) in [4.78, 5) is 36.3. The monoisotopic (exact) mass is 413 g/mol. The Balaban J connectivity index is 2.23. The van der Waals surface area contributed by atoms with Crippen molar-refractivity contribution in [2.75, 3.05) is 6.61 Å². The van der Waals surface area contributed by atoms with E-state index in [4.69, 9.17) is 14.2 Å². The van der Waals surface area contributed by atoms with E-state index in [-0.39, 0.29) is 6.61 Å². The Morgan fingerprint density at radius 2 is 1.40 bits per heavy atom. The summed E-state index contributed by atoms with van der Waals surface area (Å²) in [6.07, 6.45) is -1.51. The Labute approximate surface area is 176 Å². The SMILES string of the molecule is CC(=O)OCC(NC(=O)OC(C)(C)C)C(=O)OC(c1ccccc1)c1ccccc1. The van der Waals surface area contributed by atoms with Gasteiger partial charge in [0.15, 0.2) is 12.1 Å². The third-order valence-corrected chi connectivity index (χ3v) is 3.87. The van der Waals surface area contributed by atoms with Crippen LogP contribution in [0.15, 0.2) is 60.7 Å². The van der Waals surface area contributed by atoms with E-state index in [0.29, 0.717) is 0 Å². The molecule has 160 valence electrons. The van der Waals surface area contributed by atoms with Crippen LogP contribution in [0.1, 0.15) is 44.9 Å². The van der Waals surface area contributed by atoms with Crippen LogP contribution in [0, 0.1) is 0 Å². The second-order valence-corrected chi connectivity index (χ2v) is 7.64. The summed E-state index contributed by atoms with van der Waals surface area (Å²) in [5.41, 5.74) is 0.775. The maximum absolute atomic E-state index is 12.9. The molecule has 7 heteroatoms. The highest BCUT2D eigenvalue weighted by Gasteiger charge is 2.29. The van der Waals surface area contributed by atoms with Crippen LogP contribution in [-0.2, 0) is 23.8 Å². The van der Waals surface area contributed by atoms with Gasteiger partial charge < -0.3 is 19.5 Å². The van der Waals surface area contributed by atoms with E-state index in [2.05, 4.69) is 5.32 Å². The number of rotatable bonds is 7. The predicted molar refractivity (Wildman–Crippen MR) is 111 cm³/mol. The Bertz CT molecular complexity index is 806. The molecule has 0 radical (unpaired) electrons. The number of carbonyl (C=O) groups is 3. The number of benzene rings is 2. The fraction of sp³-hybridized carbons (Fsp3) is 0.348. The molecule has 30 heavy (non-hydrogen) atoms. The molecule has 0 aromatic heterocycles. The molecule has 2 aromatic carbocycles. The number of esters is 2.